The van der Waals surface area contributed by atoms with E-state index in [1.165, 1.54) is 12.1 Å². The van der Waals surface area contributed by atoms with Crippen molar-refractivity contribution in [3.05, 3.63) is 101 Å². The lowest BCUT2D eigenvalue weighted by atomic mass is 10.0. The van der Waals surface area contributed by atoms with E-state index in [1.807, 2.05) is 30.3 Å². The SMILES string of the molecule is N=C(N)c1ccc(C(=O)N[C@@H](Cc2ccc(OCc3ccccc3)cc2)C(=O)O)cc1. The first kappa shape index (κ1) is 21.6. The van der Waals surface area contributed by atoms with Crippen molar-refractivity contribution in [2.45, 2.75) is 19.1 Å². The van der Waals surface area contributed by atoms with E-state index in [9.17, 15) is 14.7 Å². The number of carboxylic acids is 1. The summed E-state index contributed by atoms with van der Waals surface area (Å²) in [6.45, 7) is 0.441. The lowest BCUT2D eigenvalue weighted by molar-refractivity contribution is -0.139. The highest BCUT2D eigenvalue weighted by molar-refractivity contribution is 5.99. The summed E-state index contributed by atoms with van der Waals surface area (Å²) in [6, 6.07) is 21.9. The fourth-order valence-corrected chi connectivity index (χ4v) is 2.94. The third-order valence-corrected chi connectivity index (χ3v) is 4.67. The van der Waals surface area contributed by atoms with Crippen LogP contribution in [0, 0.1) is 5.41 Å². The van der Waals surface area contributed by atoms with Gasteiger partial charge in [-0.05, 0) is 35.4 Å². The Bertz CT molecular complexity index is 1050. The molecular formula is C24H23N3O4. The number of hydrogen-bond acceptors (Lipinski definition) is 4. The number of aliphatic carboxylic acids is 1. The fraction of sp³-hybridized carbons (Fsp3) is 0.125. The zero-order valence-corrected chi connectivity index (χ0v) is 16.7. The molecule has 0 spiro atoms. The number of carbonyl (C=O) groups excluding carboxylic acids is 1. The number of amides is 1. The van der Waals surface area contributed by atoms with Gasteiger partial charge in [0, 0.05) is 17.5 Å². The molecule has 0 heterocycles. The quantitative estimate of drug-likeness (QED) is 0.315. The number of ether oxygens (including phenoxy) is 1. The molecule has 5 N–H and O–H groups in total. The number of nitrogen functional groups attached to an aromatic ring is 1. The Morgan fingerprint density at radius 1 is 0.903 bits per heavy atom. The van der Waals surface area contributed by atoms with E-state index in [2.05, 4.69) is 5.32 Å². The predicted octanol–water partition coefficient (Wildman–Crippen LogP) is 2.98. The van der Waals surface area contributed by atoms with Gasteiger partial charge in [-0.3, -0.25) is 10.2 Å². The summed E-state index contributed by atoms with van der Waals surface area (Å²) in [4.78, 5) is 24.1. The number of amidine groups is 1. The van der Waals surface area contributed by atoms with Crippen LogP contribution >= 0.6 is 0 Å². The van der Waals surface area contributed by atoms with Crippen molar-refractivity contribution in [2.24, 2.45) is 5.73 Å². The van der Waals surface area contributed by atoms with Crippen LogP contribution in [0.2, 0.25) is 0 Å². The molecule has 0 unspecified atom stereocenters. The van der Waals surface area contributed by atoms with E-state index in [0.717, 1.165) is 11.1 Å². The molecule has 7 heteroatoms. The van der Waals surface area contributed by atoms with Crippen molar-refractivity contribution in [1.82, 2.24) is 5.32 Å². The zero-order valence-electron chi connectivity index (χ0n) is 16.7. The predicted molar refractivity (Wildman–Crippen MR) is 117 cm³/mol. The smallest absolute Gasteiger partial charge is 0.326 e. The van der Waals surface area contributed by atoms with E-state index in [0.29, 0.717) is 23.5 Å². The maximum absolute atomic E-state index is 12.4. The number of carboxylic acid groups (broad SMARTS) is 1. The number of benzene rings is 3. The third-order valence-electron chi connectivity index (χ3n) is 4.67. The Labute approximate surface area is 180 Å². The molecule has 0 aliphatic carbocycles. The summed E-state index contributed by atoms with van der Waals surface area (Å²) in [6.07, 6.45) is 0.131. The first-order chi connectivity index (χ1) is 14.9. The van der Waals surface area contributed by atoms with Crippen molar-refractivity contribution in [2.75, 3.05) is 0 Å². The highest BCUT2D eigenvalue weighted by Crippen LogP contribution is 2.16. The van der Waals surface area contributed by atoms with E-state index in [1.54, 1.807) is 36.4 Å². The van der Waals surface area contributed by atoms with Crippen LogP contribution in [-0.2, 0) is 17.8 Å². The monoisotopic (exact) mass is 417 g/mol. The topological polar surface area (TPSA) is 126 Å². The molecule has 0 bridgehead atoms. The molecule has 158 valence electrons. The number of rotatable bonds is 9. The first-order valence-corrected chi connectivity index (χ1v) is 9.66. The third kappa shape index (κ3) is 6.17. The lowest BCUT2D eigenvalue weighted by Gasteiger charge is -2.15. The largest absolute Gasteiger partial charge is 0.489 e. The molecule has 0 aliphatic heterocycles. The summed E-state index contributed by atoms with van der Waals surface area (Å²) >= 11 is 0. The molecule has 31 heavy (non-hydrogen) atoms. The summed E-state index contributed by atoms with van der Waals surface area (Å²) in [5, 5.41) is 19.4. The van der Waals surface area contributed by atoms with Gasteiger partial charge in [0.1, 0.15) is 24.2 Å². The zero-order chi connectivity index (χ0) is 22.2. The molecule has 3 rings (SSSR count). The molecule has 3 aromatic carbocycles. The van der Waals surface area contributed by atoms with Gasteiger partial charge < -0.3 is 20.9 Å². The van der Waals surface area contributed by atoms with Crippen molar-refractivity contribution in [1.29, 1.82) is 5.41 Å². The van der Waals surface area contributed by atoms with Crippen molar-refractivity contribution >= 4 is 17.7 Å². The van der Waals surface area contributed by atoms with Crippen LogP contribution in [0.5, 0.6) is 5.75 Å². The van der Waals surface area contributed by atoms with Crippen LogP contribution in [0.25, 0.3) is 0 Å². The summed E-state index contributed by atoms with van der Waals surface area (Å²) in [5.41, 5.74) is 7.99. The number of carbonyl (C=O) groups is 2. The number of nitrogens with one attached hydrogen (secondary N) is 2. The van der Waals surface area contributed by atoms with E-state index < -0.39 is 17.9 Å². The van der Waals surface area contributed by atoms with Crippen molar-refractivity contribution in [3.63, 3.8) is 0 Å². The maximum Gasteiger partial charge on any atom is 0.326 e. The van der Waals surface area contributed by atoms with Gasteiger partial charge in [0.2, 0.25) is 0 Å². The Balaban J connectivity index is 1.59. The van der Waals surface area contributed by atoms with Gasteiger partial charge in [-0.15, -0.1) is 0 Å². The Morgan fingerprint density at radius 2 is 1.52 bits per heavy atom. The first-order valence-electron chi connectivity index (χ1n) is 9.66. The molecule has 1 amide bonds. The molecule has 0 aromatic heterocycles. The van der Waals surface area contributed by atoms with Gasteiger partial charge in [0.25, 0.3) is 5.91 Å². The van der Waals surface area contributed by atoms with Crippen LogP contribution in [0.4, 0.5) is 0 Å². The highest BCUT2D eigenvalue weighted by Gasteiger charge is 2.21. The van der Waals surface area contributed by atoms with Crippen LogP contribution in [0.3, 0.4) is 0 Å². The normalized spacial score (nSPS) is 11.4. The average molecular weight is 417 g/mol. The van der Waals surface area contributed by atoms with Gasteiger partial charge in [0.15, 0.2) is 0 Å². The standard InChI is InChI=1S/C24H23N3O4/c25-22(26)18-8-10-19(11-9-18)23(28)27-21(24(29)30)14-16-6-12-20(13-7-16)31-15-17-4-2-1-3-5-17/h1-13,21H,14-15H2,(H3,25,26)(H,27,28)(H,29,30)/t21-/m0/s1. The molecule has 7 nitrogen and oxygen atoms in total. The van der Waals surface area contributed by atoms with Crippen LogP contribution in [0.1, 0.15) is 27.0 Å². The number of nitrogens with two attached hydrogens (primary N) is 1. The fourth-order valence-electron chi connectivity index (χ4n) is 2.94. The molecule has 0 saturated heterocycles. The van der Waals surface area contributed by atoms with Gasteiger partial charge in [0.05, 0.1) is 0 Å². The Kier molecular flexibility index (Phi) is 7.01. The Hall–Kier alpha value is -4.13. The summed E-state index contributed by atoms with van der Waals surface area (Å²) < 4.78 is 5.74. The Morgan fingerprint density at radius 3 is 2.10 bits per heavy atom. The molecule has 3 aromatic rings. The second-order valence-corrected chi connectivity index (χ2v) is 6.98. The van der Waals surface area contributed by atoms with Gasteiger partial charge in [-0.1, -0.05) is 54.6 Å². The molecule has 0 fully saturated rings. The summed E-state index contributed by atoms with van der Waals surface area (Å²) in [7, 11) is 0. The molecule has 1 atom stereocenters. The van der Waals surface area contributed by atoms with E-state index in [-0.39, 0.29) is 12.3 Å². The second kappa shape index (κ2) is 10.1. The second-order valence-electron chi connectivity index (χ2n) is 6.98. The minimum Gasteiger partial charge on any atom is -0.489 e. The van der Waals surface area contributed by atoms with Crippen LogP contribution < -0.4 is 15.8 Å². The summed E-state index contributed by atoms with van der Waals surface area (Å²) in [5.74, 6) is -1.07. The molecule has 0 aliphatic rings. The van der Waals surface area contributed by atoms with Crippen molar-refractivity contribution in [3.8, 4) is 5.75 Å². The number of hydrogen-bond donors (Lipinski definition) is 4. The van der Waals surface area contributed by atoms with Gasteiger partial charge >= 0.3 is 5.97 Å². The molecule has 0 saturated carbocycles. The molecule has 0 radical (unpaired) electrons. The van der Waals surface area contributed by atoms with Gasteiger partial charge in [-0.25, -0.2) is 4.79 Å². The van der Waals surface area contributed by atoms with E-state index in [4.69, 9.17) is 15.9 Å². The highest BCUT2D eigenvalue weighted by atomic mass is 16.5. The van der Waals surface area contributed by atoms with Crippen LogP contribution in [0.15, 0.2) is 78.9 Å². The maximum atomic E-state index is 12.4. The molecular weight excluding hydrogens is 394 g/mol. The van der Waals surface area contributed by atoms with Crippen molar-refractivity contribution < 1.29 is 19.4 Å². The minimum absolute atomic E-state index is 0.105. The van der Waals surface area contributed by atoms with E-state index >= 15 is 0 Å². The van der Waals surface area contributed by atoms with Crippen LogP contribution in [-0.4, -0.2) is 28.9 Å². The lowest BCUT2D eigenvalue weighted by Crippen LogP contribution is -2.42. The minimum atomic E-state index is -1.13. The average Bonchev–Trinajstić information content (AvgIpc) is 2.78. The van der Waals surface area contributed by atoms with Gasteiger partial charge in [-0.2, -0.15) is 0 Å².